The Bertz CT molecular complexity index is 1310. The van der Waals surface area contributed by atoms with Gasteiger partial charge in [-0.1, -0.05) is 64.0 Å². The number of nitrogens with zero attached hydrogens (tertiary/aromatic N) is 4. The van der Waals surface area contributed by atoms with E-state index in [0.717, 1.165) is 42.1 Å². The van der Waals surface area contributed by atoms with Crippen LogP contribution in [0.25, 0.3) is 0 Å². The van der Waals surface area contributed by atoms with Crippen LogP contribution in [0.2, 0.25) is 0 Å². The molecule has 1 fully saturated rings. The first-order chi connectivity index (χ1) is 17.0. The van der Waals surface area contributed by atoms with Crippen LogP contribution >= 0.6 is 15.9 Å². The van der Waals surface area contributed by atoms with Gasteiger partial charge in [0.05, 0.1) is 17.4 Å². The van der Waals surface area contributed by atoms with E-state index in [0.29, 0.717) is 6.42 Å². The predicted molar refractivity (Wildman–Crippen MR) is 145 cm³/mol. The molecule has 0 N–H and O–H groups in total. The molecule has 35 heavy (non-hydrogen) atoms. The number of hydrogen-bond acceptors (Lipinski definition) is 4. The Kier molecular flexibility index (Phi) is 5.53. The molecule has 3 aromatic rings. The summed E-state index contributed by atoms with van der Waals surface area (Å²) in [6, 6.07) is 25.2. The normalized spacial score (nSPS) is 23.9. The van der Waals surface area contributed by atoms with E-state index in [9.17, 15) is 4.79 Å². The van der Waals surface area contributed by atoms with Gasteiger partial charge in [0.2, 0.25) is 0 Å². The average molecular weight is 529 g/mol. The second-order valence-electron chi connectivity index (χ2n) is 9.99. The molecule has 1 saturated heterocycles. The van der Waals surface area contributed by atoms with E-state index in [1.165, 1.54) is 22.4 Å². The summed E-state index contributed by atoms with van der Waals surface area (Å²) in [6.45, 7) is 7.67. The van der Waals surface area contributed by atoms with E-state index in [1.807, 2.05) is 31.2 Å². The molecule has 3 aromatic carbocycles. The number of benzene rings is 3. The van der Waals surface area contributed by atoms with Crippen molar-refractivity contribution in [2.45, 2.75) is 32.9 Å². The zero-order valence-electron chi connectivity index (χ0n) is 20.1. The number of halogens is 1. The summed E-state index contributed by atoms with van der Waals surface area (Å²) in [6.07, 6.45) is 0.665. The number of rotatable bonds is 3. The molecule has 3 heterocycles. The van der Waals surface area contributed by atoms with Crippen molar-refractivity contribution in [2.24, 2.45) is 10.5 Å². The molecule has 0 unspecified atom stereocenters. The topological polar surface area (TPSA) is 39.2 Å². The van der Waals surface area contributed by atoms with Crippen LogP contribution < -0.4 is 9.91 Å². The molecule has 2 atom stereocenters. The number of hydrogen-bond donors (Lipinski definition) is 0. The standard InChI is InChI=1S/C29H29BrN4O/c1-20-8-11-25(12-9-20)34-28(35)29(21(2)31-34)17-23-16-24(30)10-13-26(23)33-15-14-32(19-27(29)33)18-22-6-4-3-5-7-22/h3-13,16,27H,14-15,17-19H2,1-2H3/t27-,29-/m0/s1. The molecule has 1 amide bonds. The van der Waals surface area contributed by atoms with Crippen LogP contribution in [0, 0.1) is 12.3 Å². The van der Waals surface area contributed by atoms with E-state index in [1.54, 1.807) is 5.01 Å². The van der Waals surface area contributed by atoms with Gasteiger partial charge < -0.3 is 4.90 Å². The summed E-state index contributed by atoms with van der Waals surface area (Å²) in [4.78, 5) is 19.3. The first-order valence-electron chi connectivity index (χ1n) is 12.2. The fourth-order valence-electron chi connectivity index (χ4n) is 6.01. The van der Waals surface area contributed by atoms with Crippen molar-refractivity contribution in [1.82, 2.24) is 4.90 Å². The Balaban J connectivity index is 1.41. The van der Waals surface area contributed by atoms with Crippen molar-refractivity contribution in [3.8, 4) is 0 Å². The maximum atomic E-state index is 14.3. The van der Waals surface area contributed by atoms with Crippen molar-refractivity contribution >= 4 is 38.9 Å². The van der Waals surface area contributed by atoms with Crippen LogP contribution in [-0.2, 0) is 17.8 Å². The zero-order chi connectivity index (χ0) is 24.2. The van der Waals surface area contributed by atoms with Crippen molar-refractivity contribution < 1.29 is 4.79 Å². The lowest BCUT2D eigenvalue weighted by atomic mass is 9.67. The molecule has 178 valence electrons. The molecule has 3 aliphatic rings. The van der Waals surface area contributed by atoms with Crippen molar-refractivity contribution in [3.63, 3.8) is 0 Å². The summed E-state index contributed by atoms with van der Waals surface area (Å²) in [5, 5.41) is 6.53. The number of hydrazone groups is 1. The second kappa shape index (κ2) is 8.61. The molecular formula is C29H29BrN4O. The van der Waals surface area contributed by atoms with E-state index in [2.05, 4.69) is 81.2 Å². The van der Waals surface area contributed by atoms with Gasteiger partial charge in [0.15, 0.2) is 0 Å². The lowest BCUT2D eigenvalue weighted by molar-refractivity contribution is -0.125. The molecule has 0 saturated carbocycles. The highest BCUT2D eigenvalue weighted by atomic mass is 79.9. The summed E-state index contributed by atoms with van der Waals surface area (Å²) >= 11 is 3.66. The highest BCUT2D eigenvalue weighted by Crippen LogP contribution is 2.48. The Morgan fingerprint density at radius 2 is 1.77 bits per heavy atom. The first-order valence-corrected chi connectivity index (χ1v) is 13.0. The van der Waals surface area contributed by atoms with Gasteiger partial charge in [-0.2, -0.15) is 10.1 Å². The van der Waals surface area contributed by atoms with Gasteiger partial charge in [-0.3, -0.25) is 9.69 Å². The molecule has 3 aliphatic heterocycles. The number of anilines is 2. The van der Waals surface area contributed by atoms with E-state index >= 15 is 0 Å². The summed E-state index contributed by atoms with van der Waals surface area (Å²) in [5.74, 6) is 0.0843. The lowest BCUT2D eigenvalue weighted by Crippen LogP contribution is -2.66. The van der Waals surface area contributed by atoms with E-state index in [4.69, 9.17) is 5.10 Å². The molecule has 6 heteroatoms. The van der Waals surface area contributed by atoms with Gasteiger partial charge in [0.1, 0.15) is 5.41 Å². The second-order valence-corrected chi connectivity index (χ2v) is 10.9. The summed E-state index contributed by atoms with van der Waals surface area (Å²) in [7, 11) is 0. The van der Waals surface area contributed by atoms with Gasteiger partial charge in [-0.25, -0.2) is 0 Å². The Morgan fingerprint density at radius 1 is 1.00 bits per heavy atom. The zero-order valence-corrected chi connectivity index (χ0v) is 21.7. The minimum Gasteiger partial charge on any atom is -0.364 e. The van der Waals surface area contributed by atoms with Gasteiger partial charge in [-0.15, -0.1) is 0 Å². The Morgan fingerprint density at radius 3 is 2.54 bits per heavy atom. The molecule has 0 radical (unpaired) electrons. The number of piperazine rings is 1. The Hall–Kier alpha value is -2.96. The number of amides is 1. The third kappa shape index (κ3) is 3.71. The predicted octanol–water partition coefficient (Wildman–Crippen LogP) is 5.41. The maximum absolute atomic E-state index is 14.3. The van der Waals surface area contributed by atoms with Crippen molar-refractivity contribution in [2.75, 3.05) is 29.5 Å². The van der Waals surface area contributed by atoms with Crippen LogP contribution in [0.3, 0.4) is 0 Å². The number of fused-ring (bicyclic) bond motifs is 4. The summed E-state index contributed by atoms with van der Waals surface area (Å²) < 4.78 is 1.04. The third-order valence-electron chi connectivity index (χ3n) is 7.85. The van der Waals surface area contributed by atoms with Crippen molar-refractivity contribution in [1.29, 1.82) is 0 Å². The van der Waals surface area contributed by atoms with Gasteiger partial charge >= 0.3 is 0 Å². The van der Waals surface area contributed by atoms with E-state index < -0.39 is 5.41 Å². The molecular weight excluding hydrogens is 500 g/mol. The quantitative estimate of drug-likeness (QED) is 0.456. The van der Waals surface area contributed by atoms with Crippen LogP contribution in [0.15, 0.2) is 82.4 Å². The highest BCUT2D eigenvalue weighted by Gasteiger charge is 2.59. The average Bonchev–Trinajstić information content (AvgIpc) is 3.10. The number of aryl methyl sites for hydroxylation is 1. The lowest BCUT2D eigenvalue weighted by Gasteiger charge is -2.53. The maximum Gasteiger partial charge on any atom is 0.261 e. The van der Waals surface area contributed by atoms with Crippen molar-refractivity contribution in [3.05, 3.63) is 94.0 Å². The first kappa shape index (κ1) is 22.5. The molecule has 1 spiro atoms. The molecule has 0 aromatic heterocycles. The number of carbonyl (C=O) groups excluding carboxylic acids is 1. The Labute approximate surface area is 215 Å². The van der Waals surface area contributed by atoms with Crippen LogP contribution in [-0.4, -0.2) is 42.2 Å². The molecule has 5 nitrogen and oxygen atoms in total. The molecule has 6 rings (SSSR count). The van der Waals surface area contributed by atoms with Gasteiger partial charge in [0.25, 0.3) is 5.91 Å². The van der Waals surface area contributed by atoms with Crippen LogP contribution in [0.4, 0.5) is 11.4 Å². The molecule has 0 aliphatic carbocycles. The number of carbonyl (C=O) groups is 1. The van der Waals surface area contributed by atoms with Gasteiger partial charge in [-0.05, 0) is 61.7 Å². The largest absolute Gasteiger partial charge is 0.364 e. The fourth-order valence-corrected chi connectivity index (χ4v) is 6.41. The van der Waals surface area contributed by atoms with E-state index in [-0.39, 0.29) is 11.9 Å². The smallest absolute Gasteiger partial charge is 0.261 e. The minimum atomic E-state index is -0.686. The van der Waals surface area contributed by atoms with Crippen LogP contribution in [0.5, 0.6) is 0 Å². The fraction of sp³-hybridized carbons (Fsp3) is 0.310. The minimum absolute atomic E-state index is 0.0281. The van der Waals surface area contributed by atoms with Crippen LogP contribution in [0.1, 0.15) is 23.6 Å². The molecule has 0 bridgehead atoms. The summed E-state index contributed by atoms with van der Waals surface area (Å²) in [5.41, 5.74) is 5.99. The SMILES string of the molecule is CC1=NN(c2ccc(C)cc2)C(=O)[C@@]12Cc1cc(Br)ccc1N1CCN(Cc3ccccc3)C[C@H]12. The monoisotopic (exact) mass is 528 g/mol. The third-order valence-corrected chi connectivity index (χ3v) is 8.34. The van der Waals surface area contributed by atoms with Gasteiger partial charge in [0, 0.05) is 36.3 Å². The highest BCUT2D eigenvalue weighted by molar-refractivity contribution is 9.10.